The summed E-state index contributed by atoms with van der Waals surface area (Å²) in [7, 11) is 1.87. The number of carbonyl (C=O) groups excluding carboxylic acids is 2. The molecule has 2 aromatic carbocycles. The minimum Gasteiger partial charge on any atom is -0.480 e. The molecule has 6 nitrogen and oxygen atoms in total. The second kappa shape index (κ2) is 6.38. The van der Waals surface area contributed by atoms with Crippen molar-refractivity contribution in [2.45, 2.75) is 12.5 Å². The Balaban J connectivity index is 1.43. The summed E-state index contributed by atoms with van der Waals surface area (Å²) >= 11 is 5.96. The molecule has 2 amide bonds. The molecular weight excluding hydrogens is 354 g/mol. The van der Waals surface area contributed by atoms with Crippen molar-refractivity contribution in [3.63, 3.8) is 0 Å². The molecule has 0 fully saturated rings. The number of ether oxygens (including phenoxy) is 1. The third-order valence-electron chi connectivity index (χ3n) is 4.43. The Bertz CT molecular complexity index is 1030. The maximum atomic E-state index is 12.5. The monoisotopic (exact) mass is 369 g/mol. The Hall–Kier alpha value is -2.99. The predicted molar refractivity (Wildman–Crippen MR) is 98.1 cm³/mol. The number of nitrogens with zero attached hydrogens (tertiary/aromatic N) is 1. The Labute approximate surface area is 154 Å². The van der Waals surface area contributed by atoms with Gasteiger partial charge in [0.05, 0.1) is 5.56 Å². The van der Waals surface area contributed by atoms with Gasteiger partial charge in [-0.25, -0.2) is 0 Å². The Morgan fingerprint density at radius 2 is 2.00 bits per heavy atom. The van der Waals surface area contributed by atoms with E-state index in [4.69, 9.17) is 16.3 Å². The molecule has 0 saturated heterocycles. The molecule has 0 unspecified atom stereocenters. The zero-order valence-electron chi connectivity index (χ0n) is 14.0. The average molecular weight is 370 g/mol. The topological polar surface area (TPSA) is 72.4 Å². The van der Waals surface area contributed by atoms with Crippen molar-refractivity contribution < 1.29 is 14.3 Å². The van der Waals surface area contributed by atoms with Crippen molar-refractivity contribution in [1.82, 2.24) is 15.4 Å². The Kier molecular flexibility index (Phi) is 4.05. The van der Waals surface area contributed by atoms with Gasteiger partial charge in [0, 0.05) is 35.6 Å². The van der Waals surface area contributed by atoms with E-state index in [0.29, 0.717) is 22.8 Å². The number of halogens is 1. The summed E-state index contributed by atoms with van der Waals surface area (Å²) in [5.41, 5.74) is 7.21. The van der Waals surface area contributed by atoms with E-state index in [1.807, 2.05) is 35.9 Å². The number of hydrogen-bond donors (Lipinski definition) is 2. The van der Waals surface area contributed by atoms with Crippen LogP contribution in [0.2, 0.25) is 5.02 Å². The normalized spacial score (nSPS) is 15.4. The van der Waals surface area contributed by atoms with Gasteiger partial charge in [0.1, 0.15) is 5.75 Å². The van der Waals surface area contributed by atoms with Gasteiger partial charge >= 0.3 is 0 Å². The number of rotatable bonds is 2. The first-order chi connectivity index (χ1) is 12.5. The Morgan fingerprint density at radius 3 is 2.85 bits per heavy atom. The summed E-state index contributed by atoms with van der Waals surface area (Å²) in [6, 6.07) is 12.8. The highest BCUT2D eigenvalue weighted by atomic mass is 35.5. The molecule has 4 rings (SSSR count). The van der Waals surface area contributed by atoms with Crippen LogP contribution in [0.4, 0.5) is 0 Å². The number of carbonyl (C=O) groups is 2. The van der Waals surface area contributed by atoms with Crippen LogP contribution in [-0.4, -0.2) is 22.5 Å². The number of fused-ring (bicyclic) bond motifs is 2. The van der Waals surface area contributed by atoms with Crippen LogP contribution in [0.25, 0.3) is 10.9 Å². The third kappa shape index (κ3) is 2.88. The summed E-state index contributed by atoms with van der Waals surface area (Å²) in [6.45, 7) is 0. The fourth-order valence-corrected chi connectivity index (χ4v) is 3.35. The van der Waals surface area contributed by atoms with Crippen molar-refractivity contribution in [3.8, 4) is 5.75 Å². The van der Waals surface area contributed by atoms with E-state index in [-0.39, 0.29) is 5.91 Å². The van der Waals surface area contributed by atoms with Crippen molar-refractivity contribution in [1.29, 1.82) is 0 Å². The molecule has 1 atom stereocenters. The molecule has 26 heavy (non-hydrogen) atoms. The molecule has 0 radical (unpaired) electrons. The number of benzene rings is 2. The van der Waals surface area contributed by atoms with Crippen LogP contribution < -0.4 is 15.6 Å². The van der Waals surface area contributed by atoms with E-state index in [9.17, 15) is 9.59 Å². The summed E-state index contributed by atoms with van der Waals surface area (Å²) in [6.07, 6.45) is 1.44. The molecule has 0 aliphatic carbocycles. The van der Waals surface area contributed by atoms with Gasteiger partial charge in [0.15, 0.2) is 6.10 Å². The van der Waals surface area contributed by atoms with Gasteiger partial charge in [-0.05, 0) is 29.8 Å². The van der Waals surface area contributed by atoms with Gasteiger partial charge in [0.25, 0.3) is 11.8 Å². The van der Waals surface area contributed by atoms with Crippen LogP contribution in [0.5, 0.6) is 5.75 Å². The molecule has 0 saturated carbocycles. The van der Waals surface area contributed by atoms with Gasteiger partial charge in [-0.15, -0.1) is 0 Å². The minimum absolute atomic E-state index is 0.381. The summed E-state index contributed by atoms with van der Waals surface area (Å²) in [4.78, 5) is 24.8. The van der Waals surface area contributed by atoms with E-state index < -0.39 is 12.0 Å². The molecule has 2 N–H and O–H groups in total. The van der Waals surface area contributed by atoms with Crippen molar-refractivity contribution in [3.05, 3.63) is 64.8 Å². The molecule has 1 aliphatic heterocycles. The van der Waals surface area contributed by atoms with Crippen molar-refractivity contribution >= 4 is 34.3 Å². The number of nitrogens with one attached hydrogen (secondary N) is 2. The standard InChI is InChI=1S/C19H16ClN3O3/c1-23-10-14(13-4-2-3-5-15(13)23)18(24)21-22-19(25)17-9-11-8-12(20)6-7-16(11)26-17/h2-8,10,17H,9H2,1H3,(H,21,24)(H,22,25)/t17-/m1/s1. The summed E-state index contributed by atoms with van der Waals surface area (Å²) in [5, 5.41) is 1.42. The number of amides is 2. The SMILES string of the molecule is Cn1cc(C(=O)NNC(=O)[C@H]2Cc3cc(Cl)ccc3O2)c2ccccc21. The lowest BCUT2D eigenvalue weighted by molar-refractivity contribution is -0.128. The van der Waals surface area contributed by atoms with E-state index in [2.05, 4.69) is 10.9 Å². The molecule has 7 heteroatoms. The van der Waals surface area contributed by atoms with E-state index in [0.717, 1.165) is 16.5 Å². The highest BCUT2D eigenvalue weighted by Gasteiger charge is 2.29. The van der Waals surface area contributed by atoms with Gasteiger partial charge in [0.2, 0.25) is 0 Å². The number of hydrazine groups is 1. The predicted octanol–water partition coefficient (Wildman–Crippen LogP) is 2.60. The van der Waals surface area contributed by atoms with Crippen LogP contribution in [-0.2, 0) is 18.3 Å². The second-order valence-electron chi connectivity index (χ2n) is 6.18. The molecular formula is C19H16ClN3O3. The van der Waals surface area contributed by atoms with E-state index in [1.54, 1.807) is 24.4 Å². The maximum absolute atomic E-state index is 12.5. The van der Waals surface area contributed by atoms with Gasteiger partial charge in [-0.2, -0.15) is 0 Å². The lowest BCUT2D eigenvalue weighted by atomic mass is 10.1. The molecule has 2 heterocycles. The van der Waals surface area contributed by atoms with E-state index in [1.165, 1.54) is 0 Å². The molecule has 0 bridgehead atoms. The zero-order valence-corrected chi connectivity index (χ0v) is 14.7. The van der Waals surface area contributed by atoms with Crippen molar-refractivity contribution in [2.24, 2.45) is 7.05 Å². The van der Waals surface area contributed by atoms with Crippen molar-refractivity contribution in [2.75, 3.05) is 0 Å². The van der Waals surface area contributed by atoms with Gasteiger partial charge < -0.3 is 9.30 Å². The smallest absolute Gasteiger partial charge is 0.279 e. The molecule has 0 spiro atoms. The van der Waals surface area contributed by atoms with E-state index >= 15 is 0 Å². The average Bonchev–Trinajstić information content (AvgIpc) is 3.21. The van der Waals surface area contributed by atoms with Crippen LogP contribution in [0.3, 0.4) is 0 Å². The summed E-state index contributed by atoms with van der Waals surface area (Å²) < 4.78 is 7.48. The summed E-state index contributed by atoms with van der Waals surface area (Å²) in [5.74, 6) is -0.158. The van der Waals surface area contributed by atoms with Gasteiger partial charge in [-0.3, -0.25) is 20.4 Å². The Morgan fingerprint density at radius 1 is 1.19 bits per heavy atom. The molecule has 1 aliphatic rings. The zero-order chi connectivity index (χ0) is 18.3. The van der Waals surface area contributed by atoms with Crippen LogP contribution in [0, 0.1) is 0 Å². The van der Waals surface area contributed by atoms with Crippen LogP contribution in [0.15, 0.2) is 48.7 Å². The quantitative estimate of drug-likeness (QED) is 0.682. The molecule has 132 valence electrons. The van der Waals surface area contributed by atoms with Crippen LogP contribution >= 0.6 is 11.6 Å². The minimum atomic E-state index is -0.698. The first kappa shape index (κ1) is 16.5. The number of para-hydroxylation sites is 1. The fourth-order valence-electron chi connectivity index (χ4n) is 3.15. The number of aromatic nitrogens is 1. The second-order valence-corrected chi connectivity index (χ2v) is 6.61. The van der Waals surface area contributed by atoms with Gasteiger partial charge in [-0.1, -0.05) is 29.8 Å². The lowest BCUT2D eigenvalue weighted by Gasteiger charge is -2.12. The highest BCUT2D eigenvalue weighted by Crippen LogP contribution is 2.31. The highest BCUT2D eigenvalue weighted by molar-refractivity contribution is 6.30. The largest absolute Gasteiger partial charge is 0.480 e. The number of aryl methyl sites for hydroxylation is 1. The number of hydrogen-bond acceptors (Lipinski definition) is 3. The molecule has 3 aromatic rings. The molecule has 1 aromatic heterocycles. The first-order valence-corrected chi connectivity index (χ1v) is 8.50. The van der Waals surface area contributed by atoms with Crippen LogP contribution in [0.1, 0.15) is 15.9 Å². The lowest BCUT2D eigenvalue weighted by Crippen LogP contribution is -2.47. The first-order valence-electron chi connectivity index (χ1n) is 8.12. The fraction of sp³-hybridized carbons (Fsp3) is 0.158. The third-order valence-corrected chi connectivity index (χ3v) is 4.67. The maximum Gasteiger partial charge on any atom is 0.279 e.